The van der Waals surface area contributed by atoms with Crippen LogP contribution in [-0.4, -0.2) is 50.6 Å². The Hall–Kier alpha value is -0.560. The van der Waals surface area contributed by atoms with Crippen LogP contribution < -0.4 is 9.62 Å². The van der Waals surface area contributed by atoms with E-state index in [1.54, 1.807) is 25.1 Å². The van der Waals surface area contributed by atoms with Gasteiger partial charge in [0.05, 0.1) is 5.69 Å². The Morgan fingerprint density at radius 1 is 1.31 bits per heavy atom. The molecular formula is C9H10N2NaO3S. The van der Waals surface area contributed by atoms with Gasteiger partial charge in [0.1, 0.15) is 4.90 Å². The normalized spacial score (nSPS) is 17.1. The van der Waals surface area contributed by atoms with Gasteiger partial charge >= 0.3 is 6.03 Å². The van der Waals surface area contributed by atoms with E-state index in [1.807, 2.05) is 4.72 Å². The third-order valence-electron chi connectivity index (χ3n) is 2.23. The number of fused-ring (bicyclic) bond motifs is 1. The fourth-order valence-electron chi connectivity index (χ4n) is 1.56. The van der Waals surface area contributed by atoms with Crippen molar-refractivity contribution in [3.8, 4) is 0 Å². The van der Waals surface area contributed by atoms with E-state index in [-0.39, 0.29) is 34.5 Å². The molecule has 0 unspecified atom stereocenters. The third-order valence-corrected chi connectivity index (χ3v) is 3.60. The van der Waals surface area contributed by atoms with E-state index >= 15 is 0 Å². The monoisotopic (exact) mass is 249 g/mol. The molecule has 0 aromatic heterocycles. The summed E-state index contributed by atoms with van der Waals surface area (Å²) in [6.07, 6.45) is 0. The molecule has 0 fully saturated rings. The number of nitrogens with one attached hydrogen (secondary N) is 1. The summed E-state index contributed by atoms with van der Waals surface area (Å²) >= 11 is 0. The van der Waals surface area contributed by atoms with Gasteiger partial charge in [-0.3, -0.25) is 4.90 Å². The average molecular weight is 249 g/mol. The number of hydrogen-bond donors (Lipinski definition) is 1. The summed E-state index contributed by atoms with van der Waals surface area (Å²) in [7, 11) is -3.68. The molecule has 1 radical (unpaired) electrons. The number of carbonyl (C=O) groups is 1. The van der Waals surface area contributed by atoms with Crippen molar-refractivity contribution in [3.05, 3.63) is 24.3 Å². The van der Waals surface area contributed by atoms with Crippen LogP contribution >= 0.6 is 0 Å². The van der Waals surface area contributed by atoms with Crippen LogP contribution in [0.4, 0.5) is 10.5 Å². The summed E-state index contributed by atoms with van der Waals surface area (Å²) in [6, 6.07) is 5.83. The van der Waals surface area contributed by atoms with E-state index in [9.17, 15) is 13.2 Å². The largest absolute Gasteiger partial charge is 0.335 e. The van der Waals surface area contributed by atoms with Crippen molar-refractivity contribution in [3.63, 3.8) is 0 Å². The molecule has 0 aliphatic carbocycles. The summed E-state index contributed by atoms with van der Waals surface area (Å²) < 4.78 is 25.1. The van der Waals surface area contributed by atoms with Crippen molar-refractivity contribution in [2.75, 3.05) is 11.4 Å². The van der Waals surface area contributed by atoms with Gasteiger partial charge in [-0.05, 0) is 19.1 Å². The van der Waals surface area contributed by atoms with Gasteiger partial charge in [-0.2, -0.15) is 0 Å². The first kappa shape index (κ1) is 13.5. The Morgan fingerprint density at radius 2 is 1.94 bits per heavy atom. The number of sulfonamides is 1. The van der Waals surface area contributed by atoms with Gasteiger partial charge in [-0.25, -0.2) is 17.9 Å². The Balaban J connectivity index is 0.00000128. The van der Waals surface area contributed by atoms with Crippen LogP contribution in [0, 0.1) is 0 Å². The fraction of sp³-hybridized carbons (Fsp3) is 0.222. The van der Waals surface area contributed by atoms with E-state index in [4.69, 9.17) is 0 Å². The molecule has 0 saturated carbocycles. The minimum atomic E-state index is -3.68. The minimum absolute atomic E-state index is 0. The summed E-state index contributed by atoms with van der Waals surface area (Å²) in [5, 5.41) is 0. The molecule has 7 heteroatoms. The second-order valence-electron chi connectivity index (χ2n) is 3.12. The first-order chi connectivity index (χ1) is 7.06. The maximum absolute atomic E-state index is 11.6. The predicted octanol–water partition coefficient (Wildman–Crippen LogP) is 0.544. The van der Waals surface area contributed by atoms with Crippen LogP contribution in [0.25, 0.3) is 0 Å². The van der Waals surface area contributed by atoms with Gasteiger partial charge in [-0.1, -0.05) is 12.1 Å². The molecule has 1 aliphatic rings. The van der Waals surface area contributed by atoms with E-state index in [0.29, 0.717) is 12.2 Å². The van der Waals surface area contributed by atoms with Crippen molar-refractivity contribution in [2.24, 2.45) is 0 Å². The molecule has 0 spiro atoms. The number of nitrogens with zero attached hydrogens (tertiary/aromatic N) is 1. The van der Waals surface area contributed by atoms with Gasteiger partial charge in [0, 0.05) is 36.1 Å². The SMILES string of the molecule is CCN1C(=O)NS(=O)(=O)c2ccccc21.[Na]. The number of carbonyl (C=O) groups excluding carboxylic acids is 1. The van der Waals surface area contributed by atoms with Crippen molar-refractivity contribution < 1.29 is 13.2 Å². The van der Waals surface area contributed by atoms with Crippen molar-refractivity contribution in [2.45, 2.75) is 11.8 Å². The molecule has 0 bridgehead atoms. The number of urea groups is 1. The van der Waals surface area contributed by atoms with Crippen LogP contribution in [0.2, 0.25) is 0 Å². The quantitative estimate of drug-likeness (QED) is 0.739. The second-order valence-corrected chi connectivity index (χ2v) is 4.77. The van der Waals surface area contributed by atoms with E-state index in [1.165, 1.54) is 11.0 Å². The smallest absolute Gasteiger partial charge is 0.293 e. The van der Waals surface area contributed by atoms with Gasteiger partial charge in [0.2, 0.25) is 0 Å². The topological polar surface area (TPSA) is 66.5 Å². The molecule has 0 saturated heterocycles. The Morgan fingerprint density at radius 3 is 2.56 bits per heavy atom. The number of anilines is 1. The zero-order chi connectivity index (χ0) is 11.1. The Kier molecular flexibility index (Phi) is 4.01. The number of rotatable bonds is 1. The van der Waals surface area contributed by atoms with Crippen LogP contribution in [0.5, 0.6) is 0 Å². The van der Waals surface area contributed by atoms with Crippen LogP contribution in [0.3, 0.4) is 0 Å². The number of benzene rings is 1. The first-order valence-electron chi connectivity index (χ1n) is 4.49. The minimum Gasteiger partial charge on any atom is -0.293 e. The van der Waals surface area contributed by atoms with Crippen molar-refractivity contribution in [1.82, 2.24) is 4.72 Å². The molecule has 1 aromatic rings. The van der Waals surface area contributed by atoms with Crippen molar-refractivity contribution >= 4 is 51.3 Å². The van der Waals surface area contributed by atoms with E-state index in [0.717, 1.165) is 0 Å². The molecule has 0 atom stereocenters. The molecule has 1 N–H and O–H groups in total. The fourth-order valence-corrected chi connectivity index (χ4v) is 2.72. The van der Waals surface area contributed by atoms with Crippen LogP contribution in [-0.2, 0) is 10.0 Å². The van der Waals surface area contributed by atoms with E-state index < -0.39 is 16.1 Å². The Bertz CT molecular complexity index is 515. The molecule has 81 valence electrons. The summed E-state index contributed by atoms with van der Waals surface area (Å²) in [6.45, 7) is 2.21. The molecule has 5 nitrogen and oxygen atoms in total. The maximum atomic E-state index is 11.6. The third kappa shape index (κ3) is 2.10. The summed E-state index contributed by atoms with van der Waals surface area (Å²) in [5.74, 6) is 0. The molecule has 16 heavy (non-hydrogen) atoms. The molecule has 2 amide bonds. The molecule has 1 aliphatic heterocycles. The first-order valence-corrected chi connectivity index (χ1v) is 5.98. The van der Waals surface area contributed by atoms with Crippen LogP contribution in [0.1, 0.15) is 6.92 Å². The molecule has 2 rings (SSSR count). The standard InChI is InChI=1S/C9H10N2O3S.Na/c1-2-11-7-5-3-4-6-8(7)15(13,14)10-9(11)12;/h3-6H,2H2,1H3,(H,10,12);. The van der Waals surface area contributed by atoms with Crippen LogP contribution in [0.15, 0.2) is 29.2 Å². The summed E-state index contributed by atoms with van der Waals surface area (Å²) in [4.78, 5) is 13.0. The van der Waals surface area contributed by atoms with Gasteiger partial charge < -0.3 is 0 Å². The summed E-state index contributed by atoms with van der Waals surface area (Å²) in [5.41, 5.74) is 0.434. The predicted molar refractivity (Wildman–Crippen MR) is 60.9 cm³/mol. The van der Waals surface area contributed by atoms with Gasteiger partial charge in [0.25, 0.3) is 10.0 Å². The number of amides is 2. The number of para-hydroxylation sites is 1. The molecular weight excluding hydrogens is 239 g/mol. The second kappa shape index (κ2) is 4.75. The van der Waals surface area contributed by atoms with Crippen molar-refractivity contribution in [1.29, 1.82) is 0 Å². The zero-order valence-electron chi connectivity index (χ0n) is 9.10. The molecule has 1 heterocycles. The van der Waals surface area contributed by atoms with E-state index in [2.05, 4.69) is 0 Å². The zero-order valence-corrected chi connectivity index (χ0v) is 11.9. The maximum Gasteiger partial charge on any atom is 0.335 e. The molecule has 1 aromatic carbocycles. The van der Waals surface area contributed by atoms with Gasteiger partial charge in [0.15, 0.2) is 0 Å². The van der Waals surface area contributed by atoms with Gasteiger partial charge in [-0.15, -0.1) is 0 Å². The average Bonchev–Trinajstić information content (AvgIpc) is 2.17. The Labute approximate surface area is 116 Å². The number of hydrogen-bond acceptors (Lipinski definition) is 3.